The molecule has 0 unspecified atom stereocenters. The predicted octanol–water partition coefficient (Wildman–Crippen LogP) is 1.37. The minimum atomic E-state index is -1.29. The van der Waals surface area contributed by atoms with Crippen LogP contribution in [0.2, 0.25) is 0 Å². The molecule has 0 aromatic heterocycles. The number of benzene rings is 2. The predicted molar refractivity (Wildman–Crippen MR) is 107 cm³/mol. The van der Waals surface area contributed by atoms with Crippen LogP contribution in [0.1, 0.15) is 10.4 Å². The molecule has 10 nitrogen and oxygen atoms in total. The summed E-state index contributed by atoms with van der Waals surface area (Å²) >= 11 is 5.07. The van der Waals surface area contributed by atoms with E-state index in [4.69, 9.17) is 12.2 Å². The van der Waals surface area contributed by atoms with Crippen LogP contribution in [0.15, 0.2) is 59.7 Å². The number of non-ortho nitro benzene ring substituents is 1. The summed E-state index contributed by atoms with van der Waals surface area (Å²) in [4.78, 5) is 48.1. The van der Waals surface area contributed by atoms with Crippen molar-refractivity contribution < 1.29 is 19.3 Å². The first-order valence-electron chi connectivity index (χ1n) is 8.20. The van der Waals surface area contributed by atoms with Gasteiger partial charge in [0.25, 0.3) is 17.5 Å². The fourth-order valence-electron chi connectivity index (χ4n) is 2.51. The summed E-state index contributed by atoms with van der Waals surface area (Å²) in [6, 6.07) is 13.4. The number of nitrogens with one attached hydrogen (secondary N) is 2. The molecule has 2 aromatic rings. The first kappa shape index (κ1) is 19.8. The van der Waals surface area contributed by atoms with Gasteiger partial charge in [-0.2, -0.15) is 5.10 Å². The van der Waals surface area contributed by atoms with E-state index < -0.39 is 28.6 Å². The first-order chi connectivity index (χ1) is 13.9. The molecule has 0 saturated carbocycles. The van der Waals surface area contributed by atoms with Crippen molar-refractivity contribution in [2.24, 2.45) is 11.0 Å². The molecule has 0 bridgehead atoms. The van der Waals surface area contributed by atoms with Crippen molar-refractivity contribution in [1.82, 2.24) is 10.7 Å². The largest absolute Gasteiger partial charge is 0.301 e. The van der Waals surface area contributed by atoms with Gasteiger partial charge >= 0.3 is 0 Å². The number of para-hydroxylation sites is 1. The van der Waals surface area contributed by atoms with E-state index >= 15 is 0 Å². The third kappa shape index (κ3) is 4.30. The number of thiocarbonyl (C=S) groups is 1. The van der Waals surface area contributed by atoms with Gasteiger partial charge in [-0.3, -0.25) is 29.4 Å². The summed E-state index contributed by atoms with van der Waals surface area (Å²) in [6.45, 7) is 0. The zero-order valence-corrected chi connectivity index (χ0v) is 15.5. The lowest BCUT2D eigenvalue weighted by Gasteiger charge is -2.30. The molecular weight excluding hydrogens is 398 g/mol. The van der Waals surface area contributed by atoms with Crippen LogP contribution >= 0.6 is 12.2 Å². The number of nitro benzene ring substituents is 1. The van der Waals surface area contributed by atoms with Gasteiger partial charge in [-0.15, -0.1) is 0 Å². The summed E-state index contributed by atoms with van der Waals surface area (Å²) in [7, 11) is 0. The summed E-state index contributed by atoms with van der Waals surface area (Å²) in [5.74, 6) is -3.23. The maximum absolute atomic E-state index is 12.7. The molecule has 3 rings (SSSR count). The Morgan fingerprint density at radius 3 is 2.45 bits per heavy atom. The summed E-state index contributed by atoms with van der Waals surface area (Å²) in [6.07, 6.45) is 0.999. The Morgan fingerprint density at radius 2 is 1.83 bits per heavy atom. The maximum atomic E-state index is 12.7. The van der Waals surface area contributed by atoms with Gasteiger partial charge in [0.1, 0.15) is 0 Å². The molecule has 1 aliphatic rings. The number of hydrogen-bond donors (Lipinski definition) is 2. The third-order valence-corrected chi connectivity index (χ3v) is 4.23. The fourth-order valence-corrected chi connectivity index (χ4v) is 2.81. The Hall–Kier alpha value is -3.99. The van der Waals surface area contributed by atoms with Crippen molar-refractivity contribution in [1.29, 1.82) is 0 Å². The van der Waals surface area contributed by atoms with Crippen molar-refractivity contribution in [3.05, 3.63) is 70.3 Å². The third-order valence-electron chi connectivity index (χ3n) is 3.95. The van der Waals surface area contributed by atoms with E-state index in [0.29, 0.717) is 5.69 Å². The first-order valence-corrected chi connectivity index (χ1v) is 8.61. The van der Waals surface area contributed by atoms with Crippen LogP contribution < -0.4 is 15.6 Å². The standard InChI is InChI=1S/C18H13N5O5S/c24-15(11-6-8-13(9-7-11)23(27)28)21-19-10-14-16(25)20-18(29)22(17(14)26)12-4-2-1-3-5-12/h1-10,14H,(H,21,24)(H,20,25,29)/b19-10-/t14-/m1/s1. The lowest BCUT2D eigenvalue weighted by atomic mass is 10.1. The normalized spacial score (nSPS) is 16.6. The number of hydrogen-bond acceptors (Lipinski definition) is 7. The number of anilines is 1. The Bertz CT molecular complexity index is 1020. The second-order valence-corrected chi connectivity index (χ2v) is 6.19. The smallest absolute Gasteiger partial charge is 0.271 e. The van der Waals surface area contributed by atoms with Gasteiger partial charge in [0.2, 0.25) is 5.91 Å². The van der Waals surface area contributed by atoms with E-state index in [-0.39, 0.29) is 16.4 Å². The summed E-state index contributed by atoms with van der Waals surface area (Å²) in [5.41, 5.74) is 2.62. The van der Waals surface area contributed by atoms with E-state index in [2.05, 4.69) is 15.8 Å². The van der Waals surface area contributed by atoms with Gasteiger partial charge < -0.3 is 5.32 Å². The maximum Gasteiger partial charge on any atom is 0.271 e. The average Bonchev–Trinajstić information content (AvgIpc) is 2.71. The molecule has 0 spiro atoms. The van der Waals surface area contributed by atoms with Crippen LogP contribution in [-0.2, 0) is 9.59 Å². The quantitative estimate of drug-likeness (QED) is 0.251. The number of nitro groups is 1. The number of nitrogens with zero attached hydrogens (tertiary/aromatic N) is 3. The lowest BCUT2D eigenvalue weighted by Crippen LogP contribution is -2.58. The van der Waals surface area contributed by atoms with Crippen LogP contribution in [0.3, 0.4) is 0 Å². The highest BCUT2D eigenvalue weighted by Crippen LogP contribution is 2.19. The zero-order valence-electron chi connectivity index (χ0n) is 14.6. The summed E-state index contributed by atoms with van der Waals surface area (Å²) < 4.78 is 0. The fraction of sp³-hybridized carbons (Fsp3) is 0.0556. The van der Waals surface area contributed by atoms with Gasteiger partial charge in [0.15, 0.2) is 11.0 Å². The highest BCUT2D eigenvalue weighted by molar-refractivity contribution is 7.80. The zero-order chi connectivity index (χ0) is 21.0. The number of amides is 3. The highest BCUT2D eigenvalue weighted by Gasteiger charge is 2.38. The second-order valence-electron chi connectivity index (χ2n) is 5.80. The van der Waals surface area contributed by atoms with E-state index in [0.717, 1.165) is 6.21 Å². The van der Waals surface area contributed by atoms with Crippen LogP contribution in [-0.4, -0.2) is 34.0 Å². The average molecular weight is 411 g/mol. The van der Waals surface area contributed by atoms with Gasteiger partial charge in [-0.25, -0.2) is 5.43 Å². The highest BCUT2D eigenvalue weighted by atomic mass is 32.1. The molecule has 1 aliphatic heterocycles. The summed E-state index contributed by atoms with van der Waals surface area (Å²) in [5, 5.41) is 16.7. The van der Waals surface area contributed by atoms with Crippen LogP contribution in [0, 0.1) is 16.0 Å². The molecule has 3 amide bonds. The van der Waals surface area contributed by atoms with E-state index in [1.165, 1.54) is 29.2 Å². The Labute approximate surface area is 169 Å². The van der Waals surface area contributed by atoms with Gasteiger partial charge in [-0.1, -0.05) is 18.2 Å². The molecule has 1 heterocycles. The molecular formula is C18H13N5O5S. The molecule has 11 heteroatoms. The Kier molecular flexibility index (Phi) is 5.69. The number of carbonyl (C=O) groups is 3. The molecule has 1 atom stereocenters. The van der Waals surface area contributed by atoms with E-state index in [1.807, 2.05) is 0 Å². The molecule has 0 aliphatic carbocycles. The Morgan fingerprint density at radius 1 is 1.17 bits per heavy atom. The topological polar surface area (TPSA) is 134 Å². The molecule has 146 valence electrons. The van der Waals surface area contributed by atoms with Crippen molar-refractivity contribution in [2.75, 3.05) is 4.90 Å². The number of rotatable bonds is 5. The minimum Gasteiger partial charge on any atom is -0.301 e. The molecule has 2 aromatic carbocycles. The Balaban J connectivity index is 1.71. The van der Waals surface area contributed by atoms with Gasteiger partial charge in [-0.05, 0) is 36.5 Å². The van der Waals surface area contributed by atoms with E-state index in [1.54, 1.807) is 30.3 Å². The van der Waals surface area contributed by atoms with Crippen LogP contribution in [0.25, 0.3) is 0 Å². The van der Waals surface area contributed by atoms with Crippen molar-refractivity contribution in [2.45, 2.75) is 0 Å². The molecule has 1 saturated heterocycles. The number of hydrazone groups is 1. The second kappa shape index (κ2) is 8.35. The SMILES string of the molecule is O=C(N/N=C\[C@@H]1C(=O)NC(=S)N(c2ccccc2)C1=O)c1ccc([N+](=O)[O-])cc1. The van der Waals surface area contributed by atoms with Crippen molar-refractivity contribution >= 4 is 52.6 Å². The van der Waals surface area contributed by atoms with Crippen molar-refractivity contribution in [3.8, 4) is 0 Å². The van der Waals surface area contributed by atoms with Crippen LogP contribution in [0.5, 0.6) is 0 Å². The van der Waals surface area contributed by atoms with Gasteiger partial charge in [0.05, 0.1) is 10.6 Å². The molecule has 0 radical (unpaired) electrons. The molecule has 29 heavy (non-hydrogen) atoms. The van der Waals surface area contributed by atoms with Crippen LogP contribution in [0.4, 0.5) is 11.4 Å². The van der Waals surface area contributed by atoms with E-state index in [9.17, 15) is 24.5 Å². The van der Waals surface area contributed by atoms with Crippen molar-refractivity contribution in [3.63, 3.8) is 0 Å². The lowest BCUT2D eigenvalue weighted by molar-refractivity contribution is -0.384. The monoisotopic (exact) mass is 411 g/mol. The molecule has 1 fully saturated rings. The minimum absolute atomic E-state index is 0.0502. The van der Waals surface area contributed by atoms with Gasteiger partial charge in [0, 0.05) is 23.9 Å². The molecule has 2 N–H and O–H groups in total. The number of carbonyl (C=O) groups excluding carboxylic acids is 3.